The number of hydrogen-bond donors (Lipinski definition) is 2. The van der Waals surface area contributed by atoms with E-state index in [2.05, 4.69) is 15.9 Å². The Labute approximate surface area is 156 Å². The molecule has 0 spiro atoms. The summed E-state index contributed by atoms with van der Waals surface area (Å²) in [7, 11) is 1.70. The zero-order chi connectivity index (χ0) is 17.8. The van der Waals surface area contributed by atoms with Crippen LogP contribution in [0, 0.1) is 0 Å². The van der Waals surface area contributed by atoms with Crippen molar-refractivity contribution >= 4 is 27.9 Å². The van der Waals surface area contributed by atoms with Gasteiger partial charge < -0.3 is 14.9 Å². The van der Waals surface area contributed by atoms with Gasteiger partial charge in [-0.25, -0.2) is 0 Å². The van der Waals surface area contributed by atoms with Gasteiger partial charge in [0.25, 0.3) is 0 Å². The van der Waals surface area contributed by atoms with E-state index in [1.165, 1.54) is 19.3 Å². The van der Waals surface area contributed by atoms with Gasteiger partial charge in [-0.15, -0.1) is 0 Å². The molecule has 0 unspecified atom stereocenters. The Morgan fingerprint density at radius 1 is 0.750 bits per heavy atom. The normalized spacial score (nSPS) is 9.58. The number of alkyl halides is 1. The maximum Gasteiger partial charge on any atom is 0.303 e. The quantitative estimate of drug-likeness (QED) is 0.274. The first-order chi connectivity index (χ1) is 11.0. The second-order valence-corrected chi connectivity index (χ2v) is 6.30. The summed E-state index contributed by atoms with van der Waals surface area (Å²) in [6, 6.07) is 0. The van der Waals surface area contributed by atoms with Crippen molar-refractivity contribution in [1.82, 2.24) is 0 Å². The van der Waals surface area contributed by atoms with Crippen molar-refractivity contribution in [2.75, 3.05) is 19.0 Å². The van der Waals surface area contributed by atoms with E-state index in [0.29, 0.717) is 12.8 Å². The Kier molecular flexibility index (Phi) is 28.9. The Balaban J connectivity index is -0.000000354. The van der Waals surface area contributed by atoms with Gasteiger partial charge >= 0.3 is 11.9 Å². The largest absolute Gasteiger partial charge is 0.481 e. The maximum atomic E-state index is 10.1. The van der Waals surface area contributed by atoms with E-state index in [9.17, 15) is 9.59 Å². The van der Waals surface area contributed by atoms with Crippen LogP contribution in [0.25, 0.3) is 0 Å². The van der Waals surface area contributed by atoms with Gasteiger partial charge in [0.2, 0.25) is 0 Å². The highest BCUT2D eigenvalue weighted by molar-refractivity contribution is 9.09. The topological polar surface area (TPSA) is 83.8 Å². The third-order valence-electron chi connectivity index (χ3n) is 3.26. The Morgan fingerprint density at radius 2 is 1.12 bits per heavy atom. The molecule has 0 atom stereocenters. The van der Waals surface area contributed by atoms with Crippen LogP contribution in [-0.4, -0.2) is 41.2 Å². The lowest BCUT2D eigenvalue weighted by Gasteiger charge is -1.98. The standard InChI is InChI=1S/C9H18O3.C8H15BrO2.CH4/c1-12-8-6-4-2-3-5-7-9(10)11;9-7-5-3-1-2-4-6-8(10)11;/h2-8H2,1H3,(H,10,11);1-7H2,(H,10,11);1H4. The fourth-order valence-electron chi connectivity index (χ4n) is 1.95. The van der Waals surface area contributed by atoms with Crippen molar-refractivity contribution < 1.29 is 24.5 Å². The smallest absolute Gasteiger partial charge is 0.303 e. The van der Waals surface area contributed by atoms with Gasteiger partial charge in [0.05, 0.1) is 0 Å². The number of ether oxygens (including phenoxy) is 1. The van der Waals surface area contributed by atoms with Crippen LogP contribution in [-0.2, 0) is 14.3 Å². The molecule has 6 heteroatoms. The first kappa shape index (κ1) is 28.2. The van der Waals surface area contributed by atoms with E-state index >= 15 is 0 Å². The van der Waals surface area contributed by atoms with E-state index in [0.717, 1.165) is 56.9 Å². The van der Waals surface area contributed by atoms with E-state index in [1.54, 1.807) is 7.11 Å². The summed E-state index contributed by atoms with van der Waals surface area (Å²) >= 11 is 3.35. The minimum atomic E-state index is -0.688. The molecule has 0 aromatic carbocycles. The Hall–Kier alpha value is -0.620. The van der Waals surface area contributed by atoms with Gasteiger partial charge in [-0.3, -0.25) is 9.59 Å². The van der Waals surface area contributed by atoms with Crippen molar-refractivity contribution in [3.63, 3.8) is 0 Å². The summed E-state index contributed by atoms with van der Waals surface area (Å²) in [5.41, 5.74) is 0. The van der Waals surface area contributed by atoms with Gasteiger partial charge in [-0.1, -0.05) is 61.9 Å². The van der Waals surface area contributed by atoms with E-state index < -0.39 is 11.9 Å². The molecule has 0 rings (SSSR count). The molecule has 0 radical (unpaired) electrons. The van der Waals surface area contributed by atoms with Gasteiger partial charge in [0, 0.05) is 31.9 Å². The number of hydrogen-bond acceptors (Lipinski definition) is 3. The predicted molar refractivity (Wildman–Crippen MR) is 103 cm³/mol. The summed E-state index contributed by atoms with van der Waals surface area (Å²) in [4.78, 5) is 20.2. The molecule has 146 valence electrons. The number of rotatable bonds is 15. The molecule has 0 saturated heterocycles. The number of carboxylic acid groups (broad SMARTS) is 2. The van der Waals surface area contributed by atoms with Crippen LogP contribution in [0.4, 0.5) is 0 Å². The van der Waals surface area contributed by atoms with Gasteiger partial charge in [0.1, 0.15) is 0 Å². The third kappa shape index (κ3) is 33.1. The predicted octanol–water partition coefficient (Wildman–Crippen LogP) is 5.50. The minimum Gasteiger partial charge on any atom is -0.481 e. The molecule has 0 aliphatic rings. The highest BCUT2D eigenvalue weighted by Gasteiger charge is 1.96. The minimum absolute atomic E-state index is 0. The molecule has 0 aromatic rings. The Bertz CT molecular complexity index is 272. The highest BCUT2D eigenvalue weighted by atomic mass is 79.9. The van der Waals surface area contributed by atoms with Crippen LogP contribution >= 0.6 is 15.9 Å². The molecule has 0 aliphatic carbocycles. The lowest BCUT2D eigenvalue weighted by molar-refractivity contribution is -0.138. The van der Waals surface area contributed by atoms with Crippen molar-refractivity contribution in [3.8, 4) is 0 Å². The molecule has 0 amide bonds. The third-order valence-corrected chi connectivity index (χ3v) is 3.82. The molecule has 5 nitrogen and oxygen atoms in total. The number of halogens is 1. The molecule has 0 aromatic heterocycles. The summed E-state index contributed by atoms with van der Waals surface area (Å²) < 4.78 is 4.89. The highest BCUT2D eigenvalue weighted by Crippen LogP contribution is 2.06. The second-order valence-electron chi connectivity index (χ2n) is 5.50. The zero-order valence-electron chi connectivity index (χ0n) is 14.4. The zero-order valence-corrected chi connectivity index (χ0v) is 16.0. The lowest BCUT2D eigenvalue weighted by atomic mass is 10.1. The first-order valence-electron chi connectivity index (χ1n) is 8.53. The summed E-state index contributed by atoms with van der Waals surface area (Å²) in [5.74, 6) is -1.36. The average molecular weight is 413 g/mol. The molecule has 2 N–H and O–H groups in total. The number of carbonyl (C=O) groups is 2. The number of unbranched alkanes of at least 4 members (excludes halogenated alkanes) is 8. The monoisotopic (exact) mass is 412 g/mol. The molecule has 0 bridgehead atoms. The fourth-order valence-corrected chi connectivity index (χ4v) is 2.35. The van der Waals surface area contributed by atoms with E-state index in [-0.39, 0.29) is 7.43 Å². The molecule has 0 aliphatic heterocycles. The number of methoxy groups -OCH3 is 1. The van der Waals surface area contributed by atoms with Crippen LogP contribution in [0.15, 0.2) is 0 Å². The van der Waals surface area contributed by atoms with Gasteiger partial charge in [-0.05, 0) is 25.7 Å². The van der Waals surface area contributed by atoms with E-state index in [1.807, 2.05) is 0 Å². The van der Waals surface area contributed by atoms with Crippen LogP contribution in [0.1, 0.15) is 84.5 Å². The molecular formula is C18H37BrO5. The maximum absolute atomic E-state index is 10.1. The fraction of sp³-hybridized carbons (Fsp3) is 0.889. The summed E-state index contributed by atoms with van der Waals surface area (Å²) in [5, 5.41) is 17.7. The van der Waals surface area contributed by atoms with Crippen molar-refractivity contribution in [2.24, 2.45) is 0 Å². The summed E-state index contributed by atoms with van der Waals surface area (Å²) in [6.07, 6.45) is 11.3. The van der Waals surface area contributed by atoms with Crippen LogP contribution in [0.5, 0.6) is 0 Å². The number of aliphatic carboxylic acids is 2. The van der Waals surface area contributed by atoms with E-state index in [4.69, 9.17) is 14.9 Å². The second kappa shape index (κ2) is 24.6. The van der Waals surface area contributed by atoms with Crippen molar-refractivity contribution in [3.05, 3.63) is 0 Å². The lowest BCUT2D eigenvalue weighted by Crippen LogP contribution is -1.94. The van der Waals surface area contributed by atoms with Crippen LogP contribution < -0.4 is 0 Å². The van der Waals surface area contributed by atoms with Crippen molar-refractivity contribution in [2.45, 2.75) is 84.5 Å². The Morgan fingerprint density at radius 3 is 1.50 bits per heavy atom. The van der Waals surface area contributed by atoms with Crippen molar-refractivity contribution in [1.29, 1.82) is 0 Å². The van der Waals surface area contributed by atoms with Gasteiger partial charge in [-0.2, -0.15) is 0 Å². The number of carboxylic acids is 2. The molecular weight excluding hydrogens is 376 g/mol. The SMILES string of the molecule is C.COCCCCCCCC(=O)O.O=C(O)CCCCCCCBr. The molecule has 0 heterocycles. The van der Waals surface area contributed by atoms with Crippen LogP contribution in [0.2, 0.25) is 0 Å². The molecule has 0 fully saturated rings. The molecule has 24 heavy (non-hydrogen) atoms. The summed E-state index contributed by atoms with van der Waals surface area (Å²) in [6.45, 7) is 0.818. The molecule has 0 saturated carbocycles. The first-order valence-corrected chi connectivity index (χ1v) is 9.65. The van der Waals surface area contributed by atoms with Gasteiger partial charge in [0.15, 0.2) is 0 Å². The van der Waals surface area contributed by atoms with Crippen LogP contribution in [0.3, 0.4) is 0 Å². The average Bonchev–Trinajstić information content (AvgIpc) is 2.50.